The van der Waals surface area contributed by atoms with Gasteiger partial charge in [0.2, 0.25) is 0 Å². The zero-order chi connectivity index (χ0) is 27.5. The van der Waals surface area contributed by atoms with E-state index in [0.717, 1.165) is 47.2 Å². The standard InChI is InChI=1S/C29H32F6N4/c1-16-9-22-21-10-17-3-4-18(17)11-25(21)37-27(22)28(39(16)15-29(33,34)35)26-23(31)12-20(13-24(26)32)36-19-5-8-38(14-19)7-2-6-30/h10-13,16,19,28,36-37H,2-9,14-15H2,1H3. The van der Waals surface area contributed by atoms with E-state index < -0.39 is 43.1 Å². The fraction of sp³-hybridized carbons (Fsp3) is 0.517. The molecule has 210 valence electrons. The Morgan fingerprint density at radius 3 is 2.44 bits per heavy atom. The van der Waals surface area contributed by atoms with Gasteiger partial charge in [0, 0.05) is 59.6 Å². The Balaban J connectivity index is 1.37. The quantitative estimate of drug-likeness (QED) is 0.340. The highest BCUT2D eigenvalue weighted by molar-refractivity contribution is 5.87. The van der Waals surface area contributed by atoms with Gasteiger partial charge in [-0.1, -0.05) is 0 Å². The summed E-state index contributed by atoms with van der Waals surface area (Å²) in [5.74, 6) is -1.77. The maximum atomic E-state index is 15.8. The molecule has 0 saturated carbocycles. The molecule has 6 rings (SSSR count). The van der Waals surface area contributed by atoms with Gasteiger partial charge in [-0.25, -0.2) is 8.78 Å². The topological polar surface area (TPSA) is 34.3 Å². The molecule has 3 unspecified atom stereocenters. The fourth-order valence-electron chi connectivity index (χ4n) is 6.62. The second kappa shape index (κ2) is 10.0. The summed E-state index contributed by atoms with van der Waals surface area (Å²) in [5.41, 5.74) is 4.33. The molecule has 1 aliphatic carbocycles. The molecule has 39 heavy (non-hydrogen) atoms. The van der Waals surface area contributed by atoms with E-state index in [2.05, 4.69) is 21.3 Å². The Morgan fingerprint density at radius 2 is 1.77 bits per heavy atom. The Hall–Kier alpha value is -2.72. The summed E-state index contributed by atoms with van der Waals surface area (Å²) in [5, 5.41) is 4.08. The van der Waals surface area contributed by atoms with Gasteiger partial charge in [-0.2, -0.15) is 13.2 Å². The van der Waals surface area contributed by atoms with Crippen molar-refractivity contribution < 1.29 is 26.3 Å². The molecule has 3 aliphatic rings. The molecule has 0 bridgehead atoms. The number of aromatic amines is 1. The number of anilines is 1. The summed E-state index contributed by atoms with van der Waals surface area (Å²) < 4.78 is 85.2. The highest BCUT2D eigenvalue weighted by atomic mass is 19.4. The molecule has 2 aliphatic heterocycles. The van der Waals surface area contributed by atoms with Gasteiger partial charge in [-0.3, -0.25) is 9.29 Å². The van der Waals surface area contributed by atoms with Gasteiger partial charge in [0.1, 0.15) is 11.6 Å². The van der Waals surface area contributed by atoms with Gasteiger partial charge in [0.15, 0.2) is 0 Å². The third-order valence-electron chi connectivity index (χ3n) is 8.56. The summed E-state index contributed by atoms with van der Waals surface area (Å²) >= 11 is 0. The van der Waals surface area contributed by atoms with E-state index in [1.165, 1.54) is 23.3 Å². The average molecular weight is 551 g/mol. The summed E-state index contributed by atoms with van der Waals surface area (Å²) in [4.78, 5) is 6.52. The lowest BCUT2D eigenvalue weighted by Gasteiger charge is -2.41. The normalized spacial score (nSPS) is 23.6. The van der Waals surface area contributed by atoms with E-state index in [0.29, 0.717) is 31.6 Å². The van der Waals surface area contributed by atoms with Crippen molar-refractivity contribution >= 4 is 16.6 Å². The first kappa shape index (κ1) is 26.5. The molecule has 1 fully saturated rings. The number of halogens is 6. The molecule has 1 saturated heterocycles. The second-order valence-corrected chi connectivity index (χ2v) is 11.3. The highest BCUT2D eigenvalue weighted by Gasteiger charge is 2.44. The van der Waals surface area contributed by atoms with Crippen LogP contribution in [0.15, 0.2) is 24.3 Å². The largest absolute Gasteiger partial charge is 0.401 e. The number of benzene rings is 2. The smallest absolute Gasteiger partial charge is 0.381 e. The van der Waals surface area contributed by atoms with Crippen molar-refractivity contribution in [1.82, 2.24) is 14.8 Å². The predicted octanol–water partition coefficient (Wildman–Crippen LogP) is 6.29. The predicted molar refractivity (Wildman–Crippen MR) is 139 cm³/mol. The van der Waals surface area contributed by atoms with Crippen LogP contribution in [-0.4, -0.2) is 65.9 Å². The maximum absolute atomic E-state index is 15.8. The molecule has 0 spiro atoms. The summed E-state index contributed by atoms with van der Waals surface area (Å²) in [6.45, 7) is 2.04. The minimum Gasteiger partial charge on any atom is -0.381 e. The van der Waals surface area contributed by atoms with Crippen molar-refractivity contribution in [2.45, 2.75) is 63.3 Å². The van der Waals surface area contributed by atoms with Gasteiger partial charge in [0.25, 0.3) is 0 Å². The molecule has 1 aromatic heterocycles. The Bertz CT molecular complexity index is 1360. The summed E-state index contributed by atoms with van der Waals surface area (Å²) in [6, 6.07) is 4.57. The minimum absolute atomic E-state index is 0.0520. The van der Waals surface area contributed by atoms with Crippen LogP contribution in [0.4, 0.5) is 32.0 Å². The van der Waals surface area contributed by atoms with Crippen LogP contribution in [0.25, 0.3) is 10.9 Å². The number of nitrogens with one attached hydrogen (secondary N) is 2. The van der Waals surface area contributed by atoms with Crippen LogP contribution in [-0.2, 0) is 19.3 Å². The van der Waals surface area contributed by atoms with E-state index in [4.69, 9.17) is 0 Å². The van der Waals surface area contributed by atoms with Crippen molar-refractivity contribution in [3.05, 3.63) is 63.8 Å². The molecule has 3 heterocycles. The van der Waals surface area contributed by atoms with Gasteiger partial charge < -0.3 is 15.2 Å². The Morgan fingerprint density at radius 1 is 1.05 bits per heavy atom. The van der Waals surface area contributed by atoms with Crippen LogP contribution >= 0.6 is 0 Å². The molecule has 2 N–H and O–H groups in total. The van der Waals surface area contributed by atoms with Crippen LogP contribution in [0.5, 0.6) is 0 Å². The number of H-pyrrole nitrogens is 1. The van der Waals surface area contributed by atoms with E-state index in [1.807, 2.05) is 6.07 Å². The number of alkyl halides is 4. The molecular formula is C29H32F6N4. The van der Waals surface area contributed by atoms with E-state index >= 15 is 8.78 Å². The molecule has 2 aromatic carbocycles. The second-order valence-electron chi connectivity index (χ2n) is 11.3. The SMILES string of the molecule is CC1Cc2c([nH]c3cc4c(cc23)CC4)C(c2c(F)cc(NC3CCN(CCCF)C3)cc2F)N1CC(F)(F)F. The van der Waals surface area contributed by atoms with Crippen molar-refractivity contribution in [1.29, 1.82) is 0 Å². The van der Waals surface area contributed by atoms with Crippen LogP contribution in [0, 0.1) is 11.6 Å². The fourth-order valence-corrected chi connectivity index (χ4v) is 6.62. The molecule has 3 aromatic rings. The highest BCUT2D eigenvalue weighted by Crippen LogP contribution is 2.45. The first-order chi connectivity index (χ1) is 18.6. The monoisotopic (exact) mass is 550 g/mol. The molecule has 0 radical (unpaired) electrons. The molecule has 4 nitrogen and oxygen atoms in total. The lowest BCUT2D eigenvalue weighted by molar-refractivity contribution is -0.155. The first-order valence-electron chi connectivity index (χ1n) is 13.6. The number of likely N-dealkylation sites (tertiary alicyclic amines) is 1. The van der Waals surface area contributed by atoms with Crippen LogP contribution < -0.4 is 5.32 Å². The first-order valence-corrected chi connectivity index (χ1v) is 13.6. The Kier molecular flexibility index (Phi) is 6.82. The van der Waals surface area contributed by atoms with Crippen LogP contribution in [0.3, 0.4) is 0 Å². The lowest BCUT2D eigenvalue weighted by atomic mass is 9.84. The number of aryl methyl sites for hydroxylation is 2. The van der Waals surface area contributed by atoms with Crippen LogP contribution in [0.1, 0.15) is 53.8 Å². The van der Waals surface area contributed by atoms with Crippen molar-refractivity contribution in [2.24, 2.45) is 0 Å². The van der Waals surface area contributed by atoms with Crippen molar-refractivity contribution in [2.75, 3.05) is 38.2 Å². The third kappa shape index (κ3) is 5.01. The summed E-state index contributed by atoms with van der Waals surface area (Å²) in [6.07, 6.45) is -1.09. The molecule has 3 atom stereocenters. The zero-order valence-electron chi connectivity index (χ0n) is 21.8. The molecule has 10 heteroatoms. The molecular weight excluding hydrogens is 518 g/mol. The minimum atomic E-state index is -4.54. The number of nitrogens with zero attached hydrogens (tertiary/aromatic N) is 2. The third-order valence-corrected chi connectivity index (χ3v) is 8.56. The maximum Gasteiger partial charge on any atom is 0.401 e. The van der Waals surface area contributed by atoms with E-state index in [-0.39, 0.29) is 17.3 Å². The average Bonchev–Trinajstić information content (AvgIpc) is 3.43. The van der Waals surface area contributed by atoms with Gasteiger partial charge in [-0.15, -0.1) is 0 Å². The van der Waals surface area contributed by atoms with Crippen molar-refractivity contribution in [3.8, 4) is 0 Å². The van der Waals surface area contributed by atoms with E-state index in [1.54, 1.807) is 6.92 Å². The number of fused-ring (bicyclic) bond motifs is 4. The van der Waals surface area contributed by atoms with Crippen molar-refractivity contribution in [3.63, 3.8) is 0 Å². The van der Waals surface area contributed by atoms with E-state index in [9.17, 15) is 17.6 Å². The number of aromatic nitrogens is 1. The Labute approximate surface area is 223 Å². The van der Waals surface area contributed by atoms with Gasteiger partial charge in [-0.05, 0) is 80.0 Å². The molecule has 0 amide bonds. The summed E-state index contributed by atoms with van der Waals surface area (Å²) in [7, 11) is 0. The number of hydrogen-bond donors (Lipinski definition) is 2. The van der Waals surface area contributed by atoms with Crippen LogP contribution in [0.2, 0.25) is 0 Å². The zero-order valence-corrected chi connectivity index (χ0v) is 21.8. The lowest BCUT2D eigenvalue weighted by Crippen LogP contribution is -2.47. The van der Waals surface area contributed by atoms with Gasteiger partial charge >= 0.3 is 6.18 Å². The number of hydrogen-bond acceptors (Lipinski definition) is 3. The van der Waals surface area contributed by atoms with Gasteiger partial charge in [0.05, 0.1) is 19.3 Å². The number of rotatable bonds is 7.